The van der Waals surface area contributed by atoms with Gasteiger partial charge < -0.3 is 14.1 Å². The summed E-state index contributed by atoms with van der Waals surface area (Å²) in [6.45, 7) is 0. The first-order chi connectivity index (χ1) is 16.1. The highest BCUT2D eigenvalue weighted by Gasteiger charge is 2.65. The highest BCUT2D eigenvalue weighted by atomic mass is 16.5. The summed E-state index contributed by atoms with van der Waals surface area (Å²) in [5.74, 6) is -2.01. The first-order valence-corrected chi connectivity index (χ1v) is 10.7. The van der Waals surface area contributed by atoms with Crippen LogP contribution in [-0.2, 0) is 9.59 Å². The standard InChI is InChI=1S/C26H20N2O5/c1-32-18-10-5-4-9-17(18)28-25(30)20-21(26(28)31)23(24(29)19-11-6-14-33-19)27-13-12-15-7-2-3-8-16(15)22(20)27/h2-14,20-23H,1H3/t20-,21+,22+,23-/m0/s1. The van der Waals surface area contributed by atoms with Crippen LogP contribution in [0.25, 0.3) is 6.08 Å². The number of ether oxygens (including phenoxy) is 1. The van der Waals surface area contributed by atoms with Crippen molar-refractivity contribution in [3.05, 3.63) is 90.0 Å². The van der Waals surface area contributed by atoms with E-state index in [4.69, 9.17) is 9.15 Å². The molecule has 0 bridgehead atoms. The van der Waals surface area contributed by atoms with Gasteiger partial charge in [0.2, 0.25) is 17.6 Å². The molecule has 6 rings (SSSR count). The first kappa shape index (κ1) is 19.5. The van der Waals surface area contributed by atoms with E-state index in [0.29, 0.717) is 11.4 Å². The third-order valence-electron chi connectivity index (χ3n) is 6.82. The summed E-state index contributed by atoms with van der Waals surface area (Å²) in [7, 11) is 1.50. The van der Waals surface area contributed by atoms with E-state index in [0.717, 1.165) is 11.1 Å². The molecule has 2 saturated heterocycles. The van der Waals surface area contributed by atoms with Gasteiger partial charge in [0.15, 0.2) is 5.76 Å². The molecule has 0 spiro atoms. The van der Waals surface area contributed by atoms with Crippen molar-refractivity contribution >= 4 is 29.4 Å². The molecule has 0 aliphatic carbocycles. The maximum Gasteiger partial charge on any atom is 0.240 e. The second-order valence-electron chi connectivity index (χ2n) is 8.36. The third-order valence-corrected chi connectivity index (χ3v) is 6.82. The number of amides is 2. The van der Waals surface area contributed by atoms with Crippen LogP contribution >= 0.6 is 0 Å². The second kappa shape index (κ2) is 7.20. The maximum atomic E-state index is 13.8. The van der Waals surface area contributed by atoms with Crippen molar-refractivity contribution < 1.29 is 23.5 Å². The summed E-state index contributed by atoms with van der Waals surface area (Å²) < 4.78 is 10.8. The Kier molecular flexibility index (Phi) is 4.26. The van der Waals surface area contributed by atoms with Crippen LogP contribution in [0.4, 0.5) is 5.69 Å². The van der Waals surface area contributed by atoms with Gasteiger partial charge in [-0.2, -0.15) is 0 Å². The number of imide groups is 1. The fourth-order valence-electron chi connectivity index (χ4n) is 5.47. The lowest BCUT2D eigenvalue weighted by molar-refractivity contribution is -0.123. The fraction of sp³-hybridized carbons (Fsp3) is 0.192. The van der Waals surface area contributed by atoms with Crippen LogP contribution in [0.5, 0.6) is 5.75 Å². The molecule has 3 aromatic rings. The van der Waals surface area contributed by atoms with Crippen molar-refractivity contribution in [2.45, 2.75) is 12.1 Å². The van der Waals surface area contributed by atoms with Crippen molar-refractivity contribution in [3.63, 3.8) is 0 Å². The molecule has 0 unspecified atom stereocenters. The van der Waals surface area contributed by atoms with Gasteiger partial charge in [0.1, 0.15) is 11.8 Å². The van der Waals surface area contributed by atoms with Gasteiger partial charge in [-0.05, 0) is 41.5 Å². The Bertz CT molecular complexity index is 1310. The van der Waals surface area contributed by atoms with Crippen LogP contribution in [0, 0.1) is 11.8 Å². The highest BCUT2D eigenvalue weighted by Crippen LogP contribution is 2.54. The van der Waals surface area contributed by atoms with Crippen LogP contribution in [-0.4, -0.2) is 35.6 Å². The van der Waals surface area contributed by atoms with E-state index in [1.807, 2.05) is 41.4 Å². The average Bonchev–Trinajstić information content (AvgIpc) is 3.55. The highest BCUT2D eigenvalue weighted by molar-refractivity contribution is 6.25. The lowest BCUT2D eigenvalue weighted by Gasteiger charge is -2.35. The molecule has 3 aliphatic rings. The van der Waals surface area contributed by atoms with Gasteiger partial charge in [-0.25, -0.2) is 4.90 Å². The smallest absolute Gasteiger partial charge is 0.240 e. The number of methoxy groups -OCH3 is 1. The van der Waals surface area contributed by atoms with Crippen molar-refractivity contribution in [1.29, 1.82) is 0 Å². The van der Waals surface area contributed by atoms with Crippen LogP contribution in [0.2, 0.25) is 0 Å². The Morgan fingerprint density at radius 1 is 0.939 bits per heavy atom. The summed E-state index contributed by atoms with van der Waals surface area (Å²) in [5, 5.41) is 0. The predicted molar refractivity (Wildman–Crippen MR) is 119 cm³/mol. The minimum Gasteiger partial charge on any atom is -0.495 e. The van der Waals surface area contributed by atoms with E-state index < -0.39 is 29.8 Å². The Morgan fingerprint density at radius 2 is 1.70 bits per heavy atom. The average molecular weight is 440 g/mol. The molecule has 33 heavy (non-hydrogen) atoms. The van der Waals surface area contributed by atoms with Crippen molar-refractivity contribution in [2.75, 3.05) is 12.0 Å². The zero-order valence-corrected chi connectivity index (χ0v) is 17.8. The van der Waals surface area contributed by atoms with Gasteiger partial charge in [-0.15, -0.1) is 0 Å². The molecule has 0 saturated carbocycles. The summed E-state index contributed by atoms with van der Waals surface area (Å²) in [6, 6.07) is 16.6. The zero-order valence-electron chi connectivity index (χ0n) is 17.8. The number of rotatable bonds is 4. The van der Waals surface area contributed by atoms with Gasteiger partial charge in [-0.1, -0.05) is 36.4 Å². The van der Waals surface area contributed by atoms with Crippen LogP contribution in [0.3, 0.4) is 0 Å². The van der Waals surface area contributed by atoms with Crippen LogP contribution in [0.15, 0.2) is 77.5 Å². The lowest BCUT2D eigenvalue weighted by atomic mass is 9.84. The van der Waals surface area contributed by atoms with Crippen molar-refractivity contribution in [1.82, 2.24) is 4.90 Å². The van der Waals surface area contributed by atoms with E-state index in [-0.39, 0.29) is 17.5 Å². The Labute approximate surface area is 189 Å². The number of anilines is 1. The first-order valence-electron chi connectivity index (χ1n) is 10.7. The van der Waals surface area contributed by atoms with Gasteiger partial charge in [0.25, 0.3) is 0 Å². The van der Waals surface area contributed by atoms with Crippen LogP contribution < -0.4 is 9.64 Å². The Balaban J connectivity index is 1.52. The molecule has 164 valence electrons. The summed E-state index contributed by atoms with van der Waals surface area (Å²) in [4.78, 5) is 44.3. The number of fused-ring (bicyclic) bond motifs is 5. The largest absolute Gasteiger partial charge is 0.495 e. The van der Waals surface area contributed by atoms with Gasteiger partial charge >= 0.3 is 0 Å². The number of carbonyl (C=O) groups is 3. The maximum absolute atomic E-state index is 13.8. The number of benzene rings is 2. The molecule has 2 aromatic carbocycles. The quantitative estimate of drug-likeness (QED) is 0.455. The molecule has 0 N–H and O–H groups in total. The number of carbonyl (C=O) groups excluding carboxylic acids is 3. The molecule has 2 amide bonds. The summed E-state index contributed by atoms with van der Waals surface area (Å²) in [6.07, 6.45) is 5.17. The third kappa shape index (κ3) is 2.65. The summed E-state index contributed by atoms with van der Waals surface area (Å²) in [5.41, 5.74) is 2.28. The number of hydrogen-bond donors (Lipinski definition) is 0. The Hall–Kier alpha value is -4.13. The number of para-hydroxylation sites is 2. The van der Waals surface area contributed by atoms with E-state index in [1.165, 1.54) is 18.3 Å². The Morgan fingerprint density at radius 3 is 2.48 bits per heavy atom. The minimum absolute atomic E-state index is 0.169. The molecule has 2 fully saturated rings. The number of hydrogen-bond acceptors (Lipinski definition) is 6. The molecule has 4 atom stereocenters. The van der Waals surface area contributed by atoms with Crippen molar-refractivity contribution in [2.24, 2.45) is 11.8 Å². The summed E-state index contributed by atoms with van der Waals surface area (Å²) >= 11 is 0. The fourth-order valence-corrected chi connectivity index (χ4v) is 5.47. The molecule has 0 radical (unpaired) electrons. The van der Waals surface area contributed by atoms with E-state index >= 15 is 0 Å². The number of nitrogens with zero attached hydrogens (tertiary/aromatic N) is 2. The number of Topliss-reactive ketones (excluding diaryl/α,β-unsaturated/α-hetero) is 1. The van der Waals surface area contributed by atoms with Crippen LogP contribution in [0.1, 0.15) is 27.7 Å². The minimum atomic E-state index is -0.855. The zero-order chi connectivity index (χ0) is 22.7. The number of ketones is 1. The predicted octanol–water partition coefficient (Wildman–Crippen LogP) is 3.69. The van der Waals surface area contributed by atoms with Crippen molar-refractivity contribution in [3.8, 4) is 5.75 Å². The van der Waals surface area contributed by atoms with E-state index in [9.17, 15) is 14.4 Å². The molecular weight excluding hydrogens is 420 g/mol. The molecule has 1 aromatic heterocycles. The molecular formula is C26H20N2O5. The molecule has 4 heterocycles. The monoisotopic (exact) mass is 440 g/mol. The van der Waals surface area contributed by atoms with E-state index in [2.05, 4.69) is 0 Å². The van der Waals surface area contributed by atoms with E-state index in [1.54, 1.807) is 36.4 Å². The second-order valence-corrected chi connectivity index (χ2v) is 8.36. The van der Waals surface area contributed by atoms with Gasteiger partial charge in [0.05, 0.1) is 36.9 Å². The SMILES string of the molecule is COc1ccccc1N1C(=O)[C@@H]2[C@H](C1=O)[C@H]1c3ccccc3C=CN1[C@@H]2C(=O)c1ccco1. The lowest BCUT2D eigenvalue weighted by Crippen LogP contribution is -2.44. The number of furan rings is 1. The molecule has 7 heteroatoms. The van der Waals surface area contributed by atoms with Gasteiger partial charge in [-0.3, -0.25) is 14.4 Å². The molecule has 3 aliphatic heterocycles. The van der Waals surface area contributed by atoms with Gasteiger partial charge in [0, 0.05) is 6.20 Å². The molecule has 7 nitrogen and oxygen atoms in total. The topological polar surface area (TPSA) is 80.1 Å². The normalized spacial score (nSPS) is 25.1.